The summed E-state index contributed by atoms with van der Waals surface area (Å²) in [6.07, 6.45) is 0. The number of hydrogen-bond donors (Lipinski definition) is 1. The largest absolute Gasteiger partial charge is 0.392 e. The van der Waals surface area contributed by atoms with Gasteiger partial charge in [-0.2, -0.15) is 0 Å². The van der Waals surface area contributed by atoms with Gasteiger partial charge in [0.15, 0.2) is 9.84 Å². The van der Waals surface area contributed by atoms with E-state index in [-0.39, 0.29) is 15.1 Å². The Morgan fingerprint density at radius 3 is 2.50 bits per heavy atom. The van der Waals surface area contributed by atoms with E-state index in [0.29, 0.717) is 5.41 Å². The molecule has 6 nitrogen and oxygen atoms in total. The fraction of sp³-hybridized carbons (Fsp3) is 0. The molecule has 0 unspecified atom stereocenters. The molecule has 0 bridgehead atoms. The second-order valence-corrected chi connectivity index (χ2v) is 5.56. The Bertz CT molecular complexity index is 568. The smallest absolute Gasteiger partial charge is 0.294 e. The van der Waals surface area contributed by atoms with Crippen LogP contribution in [0.2, 0.25) is 0 Å². The number of nitro benzene ring substituents is 1. The maximum atomic E-state index is 11.4. The van der Waals surface area contributed by atoms with Crippen molar-refractivity contribution in [1.29, 1.82) is 0 Å². The first-order chi connectivity index (χ1) is 7.29. The fourth-order valence-corrected chi connectivity index (χ4v) is 2.34. The zero-order valence-electron chi connectivity index (χ0n) is 7.88. The molecule has 0 aliphatic rings. The van der Waals surface area contributed by atoms with Crippen LogP contribution in [0.15, 0.2) is 33.5 Å². The van der Waals surface area contributed by atoms with Crippen LogP contribution in [0.4, 0.5) is 11.4 Å². The van der Waals surface area contributed by atoms with E-state index in [1.807, 2.05) is 0 Å². The van der Waals surface area contributed by atoms with Gasteiger partial charge < -0.3 is 5.73 Å². The number of hydrogen-bond acceptors (Lipinski definition) is 5. The maximum absolute atomic E-state index is 11.4. The Morgan fingerprint density at radius 1 is 1.50 bits per heavy atom. The minimum absolute atomic E-state index is 0.118. The summed E-state index contributed by atoms with van der Waals surface area (Å²) in [5.74, 6) is 0. The number of halogens is 1. The molecule has 0 radical (unpaired) electrons. The van der Waals surface area contributed by atoms with Gasteiger partial charge in [-0.15, -0.1) is 0 Å². The SMILES string of the molecule is C=CS(=O)(=O)c1cc(Br)c(N)c([N+](=O)[O-])c1. The average molecular weight is 307 g/mol. The number of benzene rings is 1. The van der Waals surface area contributed by atoms with Crippen molar-refractivity contribution in [3.8, 4) is 0 Å². The Balaban J connectivity index is 3.59. The van der Waals surface area contributed by atoms with Crippen LogP contribution in [0.3, 0.4) is 0 Å². The van der Waals surface area contributed by atoms with Gasteiger partial charge in [0, 0.05) is 15.9 Å². The second-order valence-electron chi connectivity index (χ2n) is 2.81. The lowest BCUT2D eigenvalue weighted by Crippen LogP contribution is -2.01. The molecule has 0 aliphatic heterocycles. The molecule has 86 valence electrons. The predicted octanol–water partition coefficient (Wildman–Crippen LogP) is 1.86. The lowest BCUT2D eigenvalue weighted by molar-refractivity contribution is -0.384. The molecule has 0 saturated carbocycles. The minimum Gasteiger partial charge on any atom is -0.392 e. The van der Waals surface area contributed by atoms with Crippen molar-refractivity contribution in [2.45, 2.75) is 4.90 Å². The van der Waals surface area contributed by atoms with Crippen molar-refractivity contribution >= 4 is 37.1 Å². The van der Waals surface area contributed by atoms with Gasteiger partial charge in [-0.1, -0.05) is 6.58 Å². The van der Waals surface area contributed by atoms with Crippen LogP contribution in [0.25, 0.3) is 0 Å². The summed E-state index contributed by atoms with van der Waals surface area (Å²) in [7, 11) is -3.72. The zero-order valence-corrected chi connectivity index (χ0v) is 10.3. The first-order valence-electron chi connectivity index (χ1n) is 3.90. The van der Waals surface area contributed by atoms with E-state index in [0.717, 1.165) is 6.07 Å². The van der Waals surface area contributed by atoms with Gasteiger partial charge in [0.1, 0.15) is 5.69 Å². The number of nitro groups is 1. The number of nitrogens with zero attached hydrogens (tertiary/aromatic N) is 1. The van der Waals surface area contributed by atoms with Crippen LogP contribution < -0.4 is 5.73 Å². The standard InChI is InChI=1S/C8H7BrN2O4S/c1-2-16(14,15)5-3-6(9)8(10)7(4-5)11(12)13/h2-4H,1,10H2. The van der Waals surface area contributed by atoms with Crippen molar-refractivity contribution in [2.24, 2.45) is 0 Å². The Labute approximate surface area is 100.0 Å². The lowest BCUT2D eigenvalue weighted by atomic mass is 10.3. The maximum Gasteiger partial charge on any atom is 0.294 e. The third kappa shape index (κ3) is 2.22. The van der Waals surface area contributed by atoms with Crippen LogP contribution in [-0.4, -0.2) is 13.3 Å². The van der Waals surface area contributed by atoms with Gasteiger partial charge in [0.25, 0.3) is 5.69 Å². The molecule has 1 rings (SSSR count). The second kappa shape index (κ2) is 4.22. The van der Waals surface area contributed by atoms with Gasteiger partial charge in [-0.25, -0.2) is 8.42 Å². The van der Waals surface area contributed by atoms with Crippen LogP contribution in [0.1, 0.15) is 0 Å². The Morgan fingerprint density at radius 2 is 2.06 bits per heavy atom. The van der Waals surface area contributed by atoms with Crippen molar-refractivity contribution in [3.05, 3.63) is 38.7 Å². The predicted molar refractivity (Wildman–Crippen MR) is 62.6 cm³/mol. The normalized spacial score (nSPS) is 11.1. The van der Waals surface area contributed by atoms with E-state index in [1.54, 1.807) is 0 Å². The zero-order chi connectivity index (χ0) is 12.5. The van der Waals surface area contributed by atoms with Gasteiger partial charge in [0.05, 0.1) is 9.82 Å². The van der Waals surface area contributed by atoms with E-state index in [2.05, 4.69) is 22.5 Å². The topological polar surface area (TPSA) is 103 Å². The fourth-order valence-electron chi connectivity index (χ4n) is 0.991. The first kappa shape index (κ1) is 12.7. The summed E-state index contributed by atoms with van der Waals surface area (Å²) < 4.78 is 23.0. The highest BCUT2D eigenvalue weighted by atomic mass is 79.9. The molecule has 0 spiro atoms. The highest BCUT2D eigenvalue weighted by Gasteiger charge is 2.20. The molecule has 1 aromatic rings. The van der Waals surface area contributed by atoms with E-state index in [4.69, 9.17) is 5.73 Å². The molecular weight excluding hydrogens is 300 g/mol. The van der Waals surface area contributed by atoms with E-state index in [9.17, 15) is 18.5 Å². The molecular formula is C8H7BrN2O4S. The number of nitrogens with two attached hydrogens (primary N) is 1. The Kier molecular flexibility index (Phi) is 3.34. The molecule has 0 aliphatic carbocycles. The summed E-state index contributed by atoms with van der Waals surface area (Å²) >= 11 is 2.96. The van der Waals surface area contributed by atoms with Crippen molar-refractivity contribution < 1.29 is 13.3 Å². The molecule has 8 heteroatoms. The number of nitrogen functional groups attached to an aromatic ring is 1. The molecule has 0 saturated heterocycles. The van der Waals surface area contributed by atoms with Crippen LogP contribution >= 0.6 is 15.9 Å². The van der Waals surface area contributed by atoms with Gasteiger partial charge in [-0.3, -0.25) is 10.1 Å². The van der Waals surface area contributed by atoms with Crippen LogP contribution in [0.5, 0.6) is 0 Å². The highest BCUT2D eigenvalue weighted by molar-refractivity contribution is 9.10. The number of sulfone groups is 1. The van der Waals surface area contributed by atoms with Crippen molar-refractivity contribution in [1.82, 2.24) is 0 Å². The Hall–Kier alpha value is -1.41. The molecule has 2 N–H and O–H groups in total. The minimum atomic E-state index is -3.72. The summed E-state index contributed by atoms with van der Waals surface area (Å²) in [6.45, 7) is 3.13. The van der Waals surface area contributed by atoms with Crippen LogP contribution in [0, 0.1) is 10.1 Å². The lowest BCUT2D eigenvalue weighted by Gasteiger charge is -2.03. The molecule has 0 atom stereocenters. The third-order valence-corrected chi connectivity index (χ3v) is 3.81. The van der Waals surface area contributed by atoms with Gasteiger partial charge in [0.2, 0.25) is 0 Å². The summed E-state index contributed by atoms with van der Waals surface area (Å²) in [4.78, 5) is 9.65. The summed E-state index contributed by atoms with van der Waals surface area (Å²) in [6, 6.07) is 2.09. The van der Waals surface area contributed by atoms with Crippen molar-refractivity contribution in [3.63, 3.8) is 0 Å². The molecule has 16 heavy (non-hydrogen) atoms. The molecule has 0 amide bonds. The number of anilines is 1. The average Bonchev–Trinajstić information content (AvgIpc) is 2.21. The van der Waals surface area contributed by atoms with Crippen molar-refractivity contribution in [2.75, 3.05) is 5.73 Å². The molecule has 0 aromatic heterocycles. The first-order valence-corrected chi connectivity index (χ1v) is 6.24. The van der Waals surface area contributed by atoms with Crippen LogP contribution in [-0.2, 0) is 9.84 Å². The van der Waals surface area contributed by atoms with E-state index >= 15 is 0 Å². The monoisotopic (exact) mass is 306 g/mol. The van der Waals surface area contributed by atoms with E-state index < -0.39 is 20.4 Å². The number of rotatable bonds is 3. The van der Waals surface area contributed by atoms with Gasteiger partial charge >= 0.3 is 0 Å². The quantitative estimate of drug-likeness (QED) is 0.521. The summed E-state index contributed by atoms with van der Waals surface area (Å²) in [5, 5.41) is 11.3. The van der Waals surface area contributed by atoms with E-state index in [1.165, 1.54) is 6.07 Å². The summed E-state index contributed by atoms with van der Waals surface area (Å²) in [5.41, 5.74) is 4.85. The third-order valence-electron chi connectivity index (χ3n) is 1.83. The molecule has 1 aromatic carbocycles. The highest BCUT2D eigenvalue weighted by Crippen LogP contribution is 2.33. The molecule has 0 fully saturated rings. The van der Waals surface area contributed by atoms with Gasteiger partial charge in [-0.05, 0) is 22.0 Å². The molecule has 0 heterocycles.